The van der Waals surface area contributed by atoms with Gasteiger partial charge in [0, 0.05) is 25.0 Å². The first-order valence-electron chi connectivity index (χ1n) is 8.61. The number of benzene rings is 1. The molecule has 1 fully saturated rings. The van der Waals surface area contributed by atoms with Crippen LogP contribution in [0.1, 0.15) is 24.1 Å². The fraction of sp³-hybridized carbons (Fsp3) is 0.300. The maximum Gasteiger partial charge on any atom is 0.319 e. The van der Waals surface area contributed by atoms with Gasteiger partial charge in [-0.2, -0.15) is 0 Å². The van der Waals surface area contributed by atoms with E-state index in [1.165, 1.54) is 0 Å². The monoisotopic (exact) mass is 337 g/mol. The molecule has 130 valence electrons. The van der Waals surface area contributed by atoms with Gasteiger partial charge in [0.25, 0.3) is 0 Å². The molecule has 0 aliphatic carbocycles. The summed E-state index contributed by atoms with van der Waals surface area (Å²) in [5, 5.41) is 5.80. The van der Waals surface area contributed by atoms with Crippen molar-refractivity contribution in [1.82, 2.24) is 10.3 Å². The molecule has 25 heavy (non-hydrogen) atoms. The number of hydrogen-bond donors (Lipinski definition) is 2. The molecule has 0 bridgehead atoms. The summed E-state index contributed by atoms with van der Waals surface area (Å²) in [6.45, 7) is 2.21. The van der Waals surface area contributed by atoms with Crippen molar-refractivity contribution in [3.05, 3.63) is 59.9 Å². The lowest BCUT2D eigenvalue weighted by atomic mass is 10.0. The molecule has 1 atom stereocenters. The molecule has 5 nitrogen and oxygen atoms in total. The number of aromatic nitrogens is 1. The lowest BCUT2D eigenvalue weighted by Crippen LogP contribution is -2.35. The van der Waals surface area contributed by atoms with Gasteiger partial charge in [-0.1, -0.05) is 24.3 Å². The van der Waals surface area contributed by atoms with Crippen molar-refractivity contribution in [2.45, 2.75) is 12.8 Å². The average molecular weight is 337 g/mol. The van der Waals surface area contributed by atoms with E-state index in [9.17, 15) is 4.79 Å². The maximum atomic E-state index is 12.1. The van der Waals surface area contributed by atoms with Crippen molar-refractivity contribution < 1.29 is 9.53 Å². The lowest BCUT2D eigenvalue weighted by molar-refractivity contribution is 0.0559. The predicted octanol–water partition coefficient (Wildman–Crippen LogP) is 3.80. The molecule has 1 saturated heterocycles. The smallest absolute Gasteiger partial charge is 0.319 e. The van der Waals surface area contributed by atoms with E-state index in [4.69, 9.17) is 4.74 Å². The standard InChI is InChI=1S/C20H23N3O2/c24-20(22-14-17-6-4-12-25-15-17)23-19-8-3-5-16(13-19)9-10-18-7-1-2-11-21-18/h1-3,5,7-11,13,17H,4,6,12,14-15H2,(H2,22,23,24). The number of hydrogen-bond acceptors (Lipinski definition) is 3. The Bertz CT molecular complexity index is 710. The predicted molar refractivity (Wildman–Crippen MR) is 100 cm³/mol. The summed E-state index contributed by atoms with van der Waals surface area (Å²) in [4.78, 5) is 16.3. The highest BCUT2D eigenvalue weighted by Gasteiger charge is 2.14. The van der Waals surface area contributed by atoms with Crippen molar-refractivity contribution in [1.29, 1.82) is 0 Å². The highest BCUT2D eigenvalue weighted by Crippen LogP contribution is 2.14. The number of nitrogens with one attached hydrogen (secondary N) is 2. The van der Waals surface area contributed by atoms with Crippen LogP contribution in [0.25, 0.3) is 12.2 Å². The summed E-state index contributed by atoms with van der Waals surface area (Å²) in [7, 11) is 0. The minimum absolute atomic E-state index is 0.184. The quantitative estimate of drug-likeness (QED) is 0.872. The lowest BCUT2D eigenvalue weighted by Gasteiger charge is -2.22. The first kappa shape index (κ1) is 17.2. The fourth-order valence-corrected chi connectivity index (χ4v) is 2.76. The molecule has 3 rings (SSSR count). The zero-order chi connectivity index (χ0) is 17.3. The second-order valence-corrected chi connectivity index (χ2v) is 6.13. The molecule has 1 aromatic carbocycles. The number of rotatable bonds is 5. The molecule has 1 aromatic heterocycles. The summed E-state index contributed by atoms with van der Waals surface area (Å²) in [5.41, 5.74) is 2.66. The molecular weight excluding hydrogens is 314 g/mol. The molecule has 1 aliphatic rings. The van der Waals surface area contributed by atoms with Crippen molar-refractivity contribution in [2.75, 3.05) is 25.1 Å². The van der Waals surface area contributed by atoms with E-state index in [-0.39, 0.29) is 6.03 Å². The highest BCUT2D eigenvalue weighted by molar-refractivity contribution is 5.89. The van der Waals surface area contributed by atoms with Crippen LogP contribution in [0.4, 0.5) is 10.5 Å². The molecule has 5 heteroatoms. The van der Waals surface area contributed by atoms with Gasteiger partial charge >= 0.3 is 6.03 Å². The molecule has 1 aliphatic heterocycles. The Morgan fingerprint density at radius 1 is 1.24 bits per heavy atom. The number of amides is 2. The van der Waals surface area contributed by atoms with Crippen LogP contribution < -0.4 is 10.6 Å². The van der Waals surface area contributed by atoms with Crippen molar-refractivity contribution >= 4 is 23.9 Å². The Kier molecular flexibility index (Phi) is 6.17. The minimum Gasteiger partial charge on any atom is -0.381 e. The van der Waals surface area contributed by atoms with Gasteiger partial charge in [0.15, 0.2) is 0 Å². The van der Waals surface area contributed by atoms with Gasteiger partial charge in [0.1, 0.15) is 0 Å². The molecule has 0 radical (unpaired) electrons. The van der Waals surface area contributed by atoms with Crippen molar-refractivity contribution in [2.24, 2.45) is 5.92 Å². The van der Waals surface area contributed by atoms with E-state index < -0.39 is 0 Å². The number of ether oxygens (including phenoxy) is 1. The van der Waals surface area contributed by atoms with Gasteiger partial charge in [0.2, 0.25) is 0 Å². The van der Waals surface area contributed by atoms with Gasteiger partial charge < -0.3 is 15.4 Å². The Morgan fingerprint density at radius 2 is 2.20 bits per heavy atom. The normalized spacial score (nSPS) is 17.4. The first-order chi connectivity index (χ1) is 12.3. The van der Waals surface area contributed by atoms with Crippen LogP contribution in [0.15, 0.2) is 48.7 Å². The molecule has 2 N–H and O–H groups in total. The number of anilines is 1. The Morgan fingerprint density at radius 3 is 3.00 bits per heavy atom. The number of carbonyl (C=O) groups excluding carboxylic acids is 1. The van der Waals surface area contributed by atoms with Gasteiger partial charge in [-0.25, -0.2) is 4.79 Å². The average Bonchev–Trinajstić information content (AvgIpc) is 2.67. The molecule has 2 heterocycles. The van der Waals surface area contributed by atoms with Gasteiger partial charge in [0.05, 0.1) is 12.3 Å². The number of urea groups is 1. The summed E-state index contributed by atoms with van der Waals surface area (Å²) in [5.74, 6) is 0.409. The van der Waals surface area contributed by atoms with Crippen LogP contribution in [0, 0.1) is 5.92 Å². The molecular formula is C20H23N3O2. The summed E-state index contributed by atoms with van der Waals surface area (Å²) < 4.78 is 5.43. The van der Waals surface area contributed by atoms with E-state index in [1.807, 2.05) is 54.6 Å². The van der Waals surface area contributed by atoms with Gasteiger partial charge in [-0.15, -0.1) is 0 Å². The summed E-state index contributed by atoms with van der Waals surface area (Å²) in [6.07, 6.45) is 7.86. The van der Waals surface area contributed by atoms with Crippen molar-refractivity contribution in [3.8, 4) is 0 Å². The Labute approximate surface area is 148 Å². The van der Waals surface area contributed by atoms with Gasteiger partial charge in [-0.05, 0) is 54.7 Å². The maximum absolute atomic E-state index is 12.1. The zero-order valence-corrected chi connectivity index (χ0v) is 14.2. The fourth-order valence-electron chi connectivity index (χ4n) is 2.76. The third-order valence-electron chi connectivity index (χ3n) is 4.08. The van der Waals surface area contributed by atoms with E-state index >= 15 is 0 Å². The second kappa shape index (κ2) is 8.99. The topological polar surface area (TPSA) is 63.2 Å². The van der Waals surface area contributed by atoms with E-state index in [2.05, 4.69) is 15.6 Å². The van der Waals surface area contributed by atoms with Crippen LogP contribution in [0.5, 0.6) is 0 Å². The SMILES string of the molecule is O=C(NCC1CCCOC1)Nc1cccc(C=Cc2ccccn2)c1. The molecule has 2 amide bonds. The molecule has 0 saturated carbocycles. The summed E-state index contributed by atoms with van der Waals surface area (Å²) in [6, 6.07) is 13.3. The van der Waals surface area contributed by atoms with E-state index in [0.29, 0.717) is 12.5 Å². The first-order valence-corrected chi connectivity index (χ1v) is 8.61. The third kappa shape index (κ3) is 5.72. The molecule has 1 unspecified atom stereocenters. The largest absolute Gasteiger partial charge is 0.381 e. The zero-order valence-electron chi connectivity index (χ0n) is 14.2. The Hall–Kier alpha value is -2.66. The van der Waals surface area contributed by atoms with E-state index in [0.717, 1.165) is 43.0 Å². The Balaban J connectivity index is 1.52. The van der Waals surface area contributed by atoms with E-state index in [1.54, 1.807) is 6.20 Å². The van der Waals surface area contributed by atoms with Crippen LogP contribution in [0.3, 0.4) is 0 Å². The number of carbonyl (C=O) groups is 1. The van der Waals surface area contributed by atoms with Crippen LogP contribution in [-0.4, -0.2) is 30.8 Å². The minimum atomic E-state index is -0.184. The highest BCUT2D eigenvalue weighted by atomic mass is 16.5. The third-order valence-corrected chi connectivity index (χ3v) is 4.08. The number of nitrogens with zero attached hydrogens (tertiary/aromatic N) is 1. The van der Waals surface area contributed by atoms with Crippen LogP contribution in [0.2, 0.25) is 0 Å². The molecule has 2 aromatic rings. The molecule has 0 spiro atoms. The number of pyridine rings is 1. The van der Waals surface area contributed by atoms with Crippen molar-refractivity contribution in [3.63, 3.8) is 0 Å². The van der Waals surface area contributed by atoms with Gasteiger partial charge in [-0.3, -0.25) is 4.98 Å². The van der Waals surface area contributed by atoms with Crippen LogP contribution in [-0.2, 0) is 4.74 Å². The summed E-state index contributed by atoms with van der Waals surface area (Å²) >= 11 is 0. The second-order valence-electron chi connectivity index (χ2n) is 6.13. The van der Waals surface area contributed by atoms with Crippen LogP contribution >= 0.6 is 0 Å².